The smallest absolute Gasteiger partial charge is 0.233 e. The van der Waals surface area contributed by atoms with E-state index in [1.54, 1.807) is 0 Å². The highest BCUT2D eigenvalue weighted by atomic mass is 32.2. The summed E-state index contributed by atoms with van der Waals surface area (Å²) >= 11 is 1.52. The van der Waals surface area contributed by atoms with Gasteiger partial charge in [-0.2, -0.15) is 0 Å². The average Bonchev–Trinajstić information content (AvgIpc) is 3.02. The number of thioether (sulfide) groups is 1. The first-order chi connectivity index (χ1) is 12.6. The minimum atomic E-state index is 0.217. The predicted octanol–water partition coefficient (Wildman–Crippen LogP) is 2.26. The molecule has 0 bridgehead atoms. The number of hydrogen-bond acceptors (Lipinski definition) is 6. The van der Waals surface area contributed by atoms with Crippen molar-refractivity contribution in [2.75, 3.05) is 43.5 Å². The van der Waals surface area contributed by atoms with Gasteiger partial charge in [0, 0.05) is 32.2 Å². The van der Waals surface area contributed by atoms with Crippen LogP contribution in [0.3, 0.4) is 0 Å². The van der Waals surface area contributed by atoms with Crippen LogP contribution in [-0.2, 0) is 16.1 Å². The van der Waals surface area contributed by atoms with Gasteiger partial charge in [0.15, 0.2) is 5.16 Å². The number of ether oxygens (including phenoxy) is 1. The first kappa shape index (κ1) is 19.5. The Labute approximate surface area is 160 Å². The third-order valence-electron chi connectivity index (χ3n) is 4.99. The van der Waals surface area contributed by atoms with E-state index in [1.807, 2.05) is 4.90 Å². The molecule has 7 nitrogen and oxygen atoms in total. The van der Waals surface area contributed by atoms with Crippen LogP contribution in [0, 0.1) is 5.92 Å². The van der Waals surface area contributed by atoms with Crippen molar-refractivity contribution < 1.29 is 9.53 Å². The SMILES string of the molecule is CC(C)Cn1c(SCC(=O)N2CCCCC2C)nnc1N1CCOCC1. The molecule has 26 heavy (non-hydrogen) atoms. The van der Waals surface area contributed by atoms with Crippen LogP contribution in [0.2, 0.25) is 0 Å². The van der Waals surface area contributed by atoms with Crippen LogP contribution in [0.25, 0.3) is 0 Å². The lowest BCUT2D eigenvalue weighted by Crippen LogP contribution is -2.43. The molecule has 2 fully saturated rings. The van der Waals surface area contributed by atoms with Gasteiger partial charge in [0.1, 0.15) is 0 Å². The Morgan fingerprint density at radius 2 is 2.00 bits per heavy atom. The molecule has 0 spiro atoms. The van der Waals surface area contributed by atoms with Crippen molar-refractivity contribution in [3.05, 3.63) is 0 Å². The zero-order valence-corrected chi connectivity index (χ0v) is 17.0. The number of nitrogens with zero attached hydrogens (tertiary/aromatic N) is 5. The second kappa shape index (κ2) is 9.08. The number of likely N-dealkylation sites (tertiary alicyclic amines) is 1. The van der Waals surface area contributed by atoms with Crippen molar-refractivity contribution in [2.24, 2.45) is 5.92 Å². The van der Waals surface area contributed by atoms with Crippen LogP contribution in [0.15, 0.2) is 5.16 Å². The van der Waals surface area contributed by atoms with Gasteiger partial charge < -0.3 is 14.5 Å². The number of rotatable bonds is 6. The molecule has 0 radical (unpaired) electrons. The maximum atomic E-state index is 12.6. The second-order valence-corrected chi connectivity index (χ2v) is 8.55. The summed E-state index contributed by atoms with van der Waals surface area (Å²) in [5.41, 5.74) is 0. The molecule has 1 unspecified atom stereocenters. The Balaban J connectivity index is 1.68. The third-order valence-corrected chi connectivity index (χ3v) is 5.94. The van der Waals surface area contributed by atoms with Crippen molar-refractivity contribution >= 4 is 23.6 Å². The Bertz CT molecular complexity index is 600. The Hall–Kier alpha value is -1.28. The molecule has 1 atom stereocenters. The van der Waals surface area contributed by atoms with Crippen molar-refractivity contribution in [1.82, 2.24) is 19.7 Å². The van der Waals surface area contributed by atoms with Gasteiger partial charge >= 0.3 is 0 Å². The maximum absolute atomic E-state index is 12.6. The normalized spacial score (nSPS) is 21.5. The molecule has 1 aromatic heterocycles. The fourth-order valence-electron chi connectivity index (χ4n) is 3.59. The second-order valence-electron chi connectivity index (χ2n) is 7.61. The lowest BCUT2D eigenvalue weighted by Gasteiger charge is -2.33. The van der Waals surface area contributed by atoms with Crippen molar-refractivity contribution in [3.8, 4) is 0 Å². The summed E-state index contributed by atoms with van der Waals surface area (Å²) in [4.78, 5) is 16.9. The molecule has 1 aromatic rings. The summed E-state index contributed by atoms with van der Waals surface area (Å²) in [7, 11) is 0. The summed E-state index contributed by atoms with van der Waals surface area (Å²) in [5, 5.41) is 9.68. The zero-order chi connectivity index (χ0) is 18.5. The van der Waals surface area contributed by atoms with Gasteiger partial charge in [0.25, 0.3) is 0 Å². The van der Waals surface area contributed by atoms with Gasteiger partial charge in [-0.15, -0.1) is 10.2 Å². The third kappa shape index (κ3) is 4.71. The number of carbonyl (C=O) groups excluding carboxylic acids is 1. The number of hydrogen-bond donors (Lipinski definition) is 0. The summed E-state index contributed by atoms with van der Waals surface area (Å²) in [6.45, 7) is 11.4. The first-order valence-corrected chi connectivity index (χ1v) is 10.7. The molecule has 3 heterocycles. The minimum Gasteiger partial charge on any atom is -0.378 e. The summed E-state index contributed by atoms with van der Waals surface area (Å²) in [6, 6.07) is 0.356. The zero-order valence-electron chi connectivity index (χ0n) is 16.2. The minimum absolute atomic E-state index is 0.217. The van der Waals surface area contributed by atoms with Crippen LogP contribution in [0.4, 0.5) is 5.95 Å². The number of anilines is 1. The van der Waals surface area contributed by atoms with E-state index in [9.17, 15) is 4.79 Å². The van der Waals surface area contributed by atoms with Crippen LogP contribution < -0.4 is 4.90 Å². The van der Waals surface area contributed by atoms with E-state index in [1.165, 1.54) is 18.2 Å². The van der Waals surface area contributed by atoms with Crippen LogP contribution in [0.5, 0.6) is 0 Å². The van der Waals surface area contributed by atoms with Gasteiger partial charge in [0.2, 0.25) is 11.9 Å². The monoisotopic (exact) mass is 381 g/mol. The number of carbonyl (C=O) groups is 1. The molecule has 0 aromatic carbocycles. The Kier molecular flexibility index (Phi) is 6.80. The molecule has 3 rings (SSSR count). The number of aromatic nitrogens is 3. The van der Waals surface area contributed by atoms with Crippen molar-refractivity contribution in [3.63, 3.8) is 0 Å². The topological polar surface area (TPSA) is 63.5 Å². The van der Waals surface area contributed by atoms with E-state index in [4.69, 9.17) is 4.74 Å². The fraction of sp³-hybridized carbons (Fsp3) is 0.833. The van der Waals surface area contributed by atoms with Crippen LogP contribution in [-0.4, -0.2) is 70.2 Å². The summed E-state index contributed by atoms with van der Waals surface area (Å²) in [6.07, 6.45) is 3.45. The van der Waals surface area contributed by atoms with E-state index in [-0.39, 0.29) is 5.91 Å². The maximum Gasteiger partial charge on any atom is 0.233 e. The highest BCUT2D eigenvalue weighted by Gasteiger charge is 2.25. The van der Waals surface area contributed by atoms with E-state index in [2.05, 4.69) is 40.4 Å². The molecule has 146 valence electrons. The molecule has 2 aliphatic heterocycles. The highest BCUT2D eigenvalue weighted by molar-refractivity contribution is 7.99. The molecule has 1 amide bonds. The molecule has 2 aliphatic rings. The van der Waals surface area contributed by atoms with Crippen molar-refractivity contribution in [2.45, 2.75) is 57.8 Å². The van der Waals surface area contributed by atoms with Crippen molar-refractivity contribution in [1.29, 1.82) is 0 Å². The molecule has 0 aliphatic carbocycles. The predicted molar refractivity (Wildman–Crippen MR) is 104 cm³/mol. The van der Waals surface area contributed by atoms with E-state index in [0.29, 0.717) is 17.7 Å². The first-order valence-electron chi connectivity index (χ1n) is 9.74. The van der Waals surface area contributed by atoms with Gasteiger partial charge in [-0.05, 0) is 32.1 Å². The molecule has 0 saturated carbocycles. The Morgan fingerprint density at radius 1 is 1.23 bits per heavy atom. The standard InChI is InChI=1S/C18H31N5O2S/c1-14(2)12-23-17(21-8-10-25-11-9-21)19-20-18(23)26-13-16(24)22-7-5-4-6-15(22)3/h14-15H,4-13H2,1-3H3. The fourth-order valence-corrected chi connectivity index (χ4v) is 4.42. The molecular weight excluding hydrogens is 350 g/mol. The Morgan fingerprint density at radius 3 is 2.69 bits per heavy atom. The van der Waals surface area contributed by atoms with Gasteiger partial charge in [-0.3, -0.25) is 9.36 Å². The van der Waals surface area contributed by atoms with Gasteiger partial charge in [-0.1, -0.05) is 25.6 Å². The lowest BCUT2D eigenvalue weighted by molar-refractivity contribution is -0.131. The number of amides is 1. The van der Waals surface area contributed by atoms with E-state index >= 15 is 0 Å². The number of piperidine rings is 1. The van der Waals surface area contributed by atoms with E-state index in [0.717, 1.165) is 63.3 Å². The quantitative estimate of drug-likeness (QED) is 0.705. The van der Waals surface area contributed by atoms with Gasteiger partial charge in [0.05, 0.1) is 19.0 Å². The molecule has 0 N–H and O–H groups in total. The van der Waals surface area contributed by atoms with Crippen LogP contribution in [0.1, 0.15) is 40.0 Å². The number of morpholine rings is 1. The van der Waals surface area contributed by atoms with Gasteiger partial charge in [-0.25, -0.2) is 0 Å². The van der Waals surface area contributed by atoms with Crippen LogP contribution >= 0.6 is 11.8 Å². The highest BCUT2D eigenvalue weighted by Crippen LogP contribution is 2.25. The average molecular weight is 382 g/mol. The molecule has 8 heteroatoms. The lowest BCUT2D eigenvalue weighted by atomic mass is 10.0. The summed E-state index contributed by atoms with van der Waals surface area (Å²) in [5.74, 6) is 2.05. The molecular formula is C18H31N5O2S. The molecule has 2 saturated heterocycles. The van der Waals surface area contributed by atoms with E-state index < -0.39 is 0 Å². The largest absolute Gasteiger partial charge is 0.378 e. The summed E-state index contributed by atoms with van der Waals surface area (Å²) < 4.78 is 7.62.